The Morgan fingerprint density at radius 2 is 1.67 bits per heavy atom. The van der Waals surface area contributed by atoms with Crippen molar-refractivity contribution in [2.24, 2.45) is 0 Å². The molecule has 5 aromatic rings. The highest BCUT2D eigenvalue weighted by Gasteiger charge is 2.13. The van der Waals surface area contributed by atoms with Gasteiger partial charge < -0.3 is 14.0 Å². The Balaban J connectivity index is 1.38. The van der Waals surface area contributed by atoms with Crippen molar-refractivity contribution in [3.63, 3.8) is 0 Å². The monoisotopic (exact) mass is 615 g/mol. The molecule has 1 atom stereocenters. The number of methoxy groups -OCH3 is 1. The summed E-state index contributed by atoms with van der Waals surface area (Å²) in [4.78, 5) is 17.4. The molecule has 42 heavy (non-hydrogen) atoms. The summed E-state index contributed by atoms with van der Waals surface area (Å²) in [6, 6.07) is 27.9. The summed E-state index contributed by atoms with van der Waals surface area (Å²) in [7, 11) is 0.00594. The maximum absolute atomic E-state index is 12.7. The minimum Gasteiger partial charge on any atom is -0.465 e. The van der Waals surface area contributed by atoms with E-state index in [1.165, 1.54) is 7.11 Å². The number of halogens is 2. The molecule has 0 radical (unpaired) electrons. The molecule has 4 aromatic carbocycles. The van der Waals surface area contributed by atoms with Crippen LogP contribution >= 0.6 is 23.2 Å². The van der Waals surface area contributed by atoms with Crippen LogP contribution in [0.3, 0.4) is 0 Å². The third-order valence-corrected chi connectivity index (χ3v) is 8.19. The highest BCUT2D eigenvalue weighted by molar-refractivity contribution is 7.86. The molecular formula is C33H27Cl2N3O3S. The van der Waals surface area contributed by atoms with E-state index in [1.807, 2.05) is 96.6 Å². The number of imidazole rings is 1. The second-order valence-electron chi connectivity index (χ2n) is 9.56. The van der Waals surface area contributed by atoms with Gasteiger partial charge in [-0.1, -0.05) is 71.2 Å². The molecule has 5 rings (SSSR count). The highest BCUT2D eigenvalue weighted by Crippen LogP contribution is 2.30. The first-order valence-corrected chi connectivity index (χ1v) is 14.9. The van der Waals surface area contributed by atoms with Crippen molar-refractivity contribution in [1.82, 2.24) is 9.55 Å². The lowest BCUT2D eigenvalue weighted by atomic mass is 10.1. The summed E-state index contributed by atoms with van der Waals surface area (Å²) >= 11 is 12.6. The Morgan fingerprint density at radius 3 is 2.33 bits per heavy atom. The number of nitrogens with one attached hydrogen (secondary N) is 1. The zero-order chi connectivity index (χ0) is 29.6. The number of hydrogen-bond donors (Lipinski definition) is 1. The first-order chi connectivity index (χ1) is 20.3. The van der Waals surface area contributed by atoms with E-state index in [2.05, 4.69) is 4.72 Å². The molecule has 0 saturated carbocycles. The number of hydrogen-bond acceptors (Lipinski definition) is 4. The molecule has 212 valence electrons. The van der Waals surface area contributed by atoms with E-state index in [9.17, 15) is 9.00 Å². The van der Waals surface area contributed by atoms with Gasteiger partial charge in [-0.3, -0.25) is 0 Å². The van der Waals surface area contributed by atoms with Crippen molar-refractivity contribution < 1.29 is 13.7 Å². The van der Waals surface area contributed by atoms with Gasteiger partial charge in [0.25, 0.3) is 0 Å². The summed E-state index contributed by atoms with van der Waals surface area (Å²) in [6.45, 7) is 2.52. The molecule has 0 aliphatic carbocycles. The fourth-order valence-electron chi connectivity index (χ4n) is 4.24. The highest BCUT2D eigenvalue weighted by atomic mass is 35.5. The molecular weight excluding hydrogens is 589 g/mol. The van der Waals surface area contributed by atoms with Crippen molar-refractivity contribution in [2.75, 3.05) is 11.8 Å². The standard InChI is InChI=1S/C33H27Cl2N3O3S/c1-22-3-15-28(16-4-22)42(40)37-27-13-7-23(8-14-27)9-18-32-36-31(29-17-12-26(34)19-30(29)35)21-38(32)20-24-5-10-25(11-6-24)33(39)41-2/h3-19,21,37H,20H2,1-2H3/b18-9+. The van der Waals surface area contributed by atoms with Crippen LogP contribution in [-0.4, -0.2) is 26.8 Å². The van der Waals surface area contributed by atoms with Gasteiger partial charge >= 0.3 is 5.97 Å². The molecule has 0 amide bonds. The molecule has 0 saturated heterocycles. The summed E-state index contributed by atoms with van der Waals surface area (Å²) < 4.78 is 22.5. The number of rotatable bonds is 9. The smallest absolute Gasteiger partial charge is 0.337 e. The number of benzene rings is 4. The summed E-state index contributed by atoms with van der Waals surface area (Å²) in [6.07, 6.45) is 5.84. The molecule has 1 N–H and O–H groups in total. The van der Waals surface area contributed by atoms with Crippen molar-refractivity contribution >= 4 is 58.0 Å². The fourth-order valence-corrected chi connectivity index (χ4v) is 5.60. The lowest BCUT2D eigenvalue weighted by molar-refractivity contribution is 0.0600. The maximum Gasteiger partial charge on any atom is 0.337 e. The van der Waals surface area contributed by atoms with E-state index in [4.69, 9.17) is 32.9 Å². The zero-order valence-corrected chi connectivity index (χ0v) is 25.2. The summed E-state index contributed by atoms with van der Waals surface area (Å²) in [5.41, 5.74) is 5.77. The Morgan fingerprint density at radius 1 is 0.952 bits per heavy atom. The van der Waals surface area contributed by atoms with Crippen LogP contribution in [0.1, 0.15) is 32.9 Å². The Labute approximate surface area is 257 Å². The predicted octanol–water partition coefficient (Wildman–Crippen LogP) is 8.31. The maximum atomic E-state index is 12.7. The van der Waals surface area contributed by atoms with Gasteiger partial charge in [0.05, 0.1) is 28.3 Å². The third-order valence-electron chi connectivity index (χ3n) is 6.52. The minimum atomic E-state index is -1.36. The zero-order valence-electron chi connectivity index (χ0n) is 22.9. The molecule has 1 heterocycles. The van der Waals surface area contributed by atoms with Crippen LogP contribution in [0.5, 0.6) is 0 Å². The van der Waals surface area contributed by atoms with Crippen LogP contribution < -0.4 is 4.72 Å². The molecule has 1 unspecified atom stereocenters. The van der Waals surface area contributed by atoms with Gasteiger partial charge in [0.15, 0.2) is 0 Å². The van der Waals surface area contributed by atoms with Crippen molar-refractivity contribution in [1.29, 1.82) is 0 Å². The van der Waals surface area contributed by atoms with E-state index in [-0.39, 0.29) is 5.97 Å². The van der Waals surface area contributed by atoms with Gasteiger partial charge in [-0.05, 0) is 78.7 Å². The lowest BCUT2D eigenvalue weighted by Gasteiger charge is -2.07. The van der Waals surface area contributed by atoms with E-state index < -0.39 is 11.0 Å². The number of aromatic nitrogens is 2. The average Bonchev–Trinajstić information content (AvgIpc) is 3.39. The van der Waals surface area contributed by atoms with Gasteiger partial charge in [-0.15, -0.1) is 0 Å². The number of ether oxygens (including phenoxy) is 1. The van der Waals surface area contributed by atoms with E-state index in [1.54, 1.807) is 24.3 Å². The van der Waals surface area contributed by atoms with Crippen molar-refractivity contribution in [3.8, 4) is 11.3 Å². The van der Waals surface area contributed by atoms with Crippen LogP contribution in [0, 0.1) is 6.92 Å². The number of nitrogens with zero attached hydrogens (tertiary/aromatic N) is 2. The lowest BCUT2D eigenvalue weighted by Crippen LogP contribution is -2.04. The van der Waals surface area contributed by atoms with Crippen LogP contribution in [0.15, 0.2) is 102 Å². The fraction of sp³-hybridized carbons (Fsp3) is 0.0909. The molecule has 0 fully saturated rings. The summed E-state index contributed by atoms with van der Waals surface area (Å²) in [5, 5.41) is 1.06. The molecule has 0 spiro atoms. The van der Waals surface area contributed by atoms with Gasteiger partial charge in [0, 0.05) is 29.0 Å². The van der Waals surface area contributed by atoms with Gasteiger partial charge in [0.1, 0.15) is 16.8 Å². The molecule has 0 bridgehead atoms. The van der Waals surface area contributed by atoms with E-state index >= 15 is 0 Å². The SMILES string of the molecule is COC(=O)c1ccc(Cn2cc(-c3ccc(Cl)cc3Cl)nc2/C=C/c2ccc(NS(=O)c3ccc(C)cc3)cc2)cc1. The van der Waals surface area contributed by atoms with E-state index in [0.29, 0.717) is 32.7 Å². The minimum absolute atomic E-state index is 0.380. The largest absolute Gasteiger partial charge is 0.465 e. The quantitative estimate of drug-likeness (QED) is 0.169. The van der Waals surface area contributed by atoms with Crippen LogP contribution in [0.4, 0.5) is 5.69 Å². The molecule has 9 heteroatoms. The Bertz CT molecular complexity index is 1760. The molecule has 0 aliphatic rings. The van der Waals surface area contributed by atoms with Crippen molar-refractivity contribution in [2.45, 2.75) is 18.4 Å². The topological polar surface area (TPSA) is 73.2 Å². The summed E-state index contributed by atoms with van der Waals surface area (Å²) in [5.74, 6) is 0.339. The number of esters is 1. The number of aryl methyl sites for hydroxylation is 1. The Hall–Kier alpha value is -4.17. The molecule has 6 nitrogen and oxygen atoms in total. The average molecular weight is 617 g/mol. The van der Waals surface area contributed by atoms with Crippen LogP contribution in [0.25, 0.3) is 23.4 Å². The molecule has 0 aliphatic heterocycles. The van der Waals surface area contributed by atoms with Crippen molar-refractivity contribution in [3.05, 3.63) is 135 Å². The second-order valence-corrected chi connectivity index (χ2v) is 11.6. The third kappa shape index (κ3) is 7.18. The first kappa shape index (κ1) is 29.3. The predicted molar refractivity (Wildman–Crippen MR) is 171 cm³/mol. The van der Waals surface area contributed by atoms with Gasteiger partial charge in [-0.2, -0.15) is 0 Å². The van der Waals surface area contributed by atoms with E-state index in [0.717, 1.165) is 33.8 Å². The normalized spacial score (nSPS) is 11.9. The number of anilines is 1. The van der Waals surface area contributed by atoms with Crippen LogP contribution in [-0.2, 0) is 22.3 Å². The Kier molecular flexibility index (Phi) is 9.22. The number of carbonyl (C=O) groups is 1. The van der Waals surface area contributed by atoms with Gasteiger partial charge in [-0.25, -0.2) is 14.0 Å². The second kappa shape index (κ2) is 13.2. The van der Waals surface area contributed by atoms with Crippen LogP contribution in [0.2, 0.25) is 10.0 Å². The molecule has 1 aromatic heterocycles. The first-order valence-electron chi connectivity index (χ1n) is 13.0. The number of carbonyl (C=O) groups excluding carboxylic acids is 1. The van der Waals surface area contributed by atoms with Gasteiger partial charge in [0.2, 0.25) is 0 Å².